The van der Waals surface area contributed by atoms with E-state index < -0.39 is 0 Å². The highest BCUT2D eigenvalue weighted by molar-refractivity contribution is 7.80. The summed E-state index contributed by atoms with van der Waals surface area (Å²) in [5.41, 5.74) is 1.34. The number of piperidine rings is 1. The lowest BCUT2D eigenvalue weighted by molar-refractivity contribution is 0.116. The van der Waals surface area contributed by atoms with Crippen molar-refractivity contribution in [3.63, 3.8) is 0 Å². The fourth-order valence-corrected chi connectivity index (χ4v) is 3.35. The van der Waals surface area contributed by atoms with Crippen LogP contribution in [0.25, 0.3) is 0 Å². The van der Waals surface area contributed by atoms with Gasteiger partial charge in [0, 0.05) is 25.2 Å². The summed E-state index contributed by atoms with van der Waals surface area (Å²) < 4.78 is 0. The largest absolute Gasteiger partial charge is 0.362 e. The normalized spacial score (nSPS) is 20.4. The van der Waals surface area contributed by atoms with Gasteiger partial charge in [-0.25, -0.2) is 0 Å². The summed E-state index contributed by atoms with van der Waals surface area (Å²) in [5, 5.41) is 7.44. The monoisotopic (exact) mass is 319 g/mol. The Hall–Kier alpha value is -1.13. The van der Waals surface area contributed by atoms with Crippen molar-refractivity contribution in [3.8, 4) is 0 Å². The molecule has 4 heteroatoms. The van der Waals surface area contributed by atoms with Gasteiger partial charge in [-0.05, 0) is 57.4 Å². The molecule has 22 heavy (non-hydrogen) atoms. The second-order valence-electron chi connectivity index (χ2n) is 6.30. The van der Waals surface area contributed by atoms with Gasteiger partial charge in [-0.3, -0.25) is 4.90 Å². The highest BCUT2D eigenvalue weighted by Crippen LogP contribution is 2.18. The molecule has 0 amide bonds. The van der Waals surface area contributed by atoms with Crippen LogP contribution in [0.4, 0.5) is 0 Å². The van der Waals surface area contributed by atoms with Crippen LogP contribution in [0.5, 0.6) is 0 Å². The lowest BCUT2D eigenvalue weighted by atomic mass is 10.0. The minimum absolute atomic E-state index is 0.532. The van der Waals surface area contributed by atoms with E-state index in [1.165, 1.54) is 31.4 Å². The first-order valence-electron chi connectivity index (χ1n) is 8.48. The lowest BCUT2D eigenvalue weighted by Crippen LogP contribution is -2.49. The molecule has 1 aromatic carbocycles. The Balaban J connectivity index is 1.62. The maximum absolute atomic E-state index is 5.38. The zero-order chi connectivity index (χ0) is 15.8. The predicted molar refractivity (Wildman–Crippen MR) is 98.2 cm³/mol. The Bertz CT molecular complexity index is 449. The molecule has 0 bridgehead atoms. The number of thiocarbonyl (C=S) groups is 1. The summed E-state index contributed by atoms with van der Waals surface area (Å²) >= 11 is 5.38. The summed E-state index contributed by atoms with van der Waals surface area (Å²) in [7, 11) is 0. The van der Waals surface area contributed by atoms with Crippen molar-refractivity contribution in [1.82, 2.24) is 15.5 Å². The zero-order valence-electron chi connectivity index (χ0n) is 13.8. The second-order valence-corrected chi connectivity index (χ2v) is 6.71. The molecule has 2 rings (SSSR count). The van der Waals surface area contributed by atoms with Crippen LogP contribution in [0.15, 0.2) is 30.3 Å². The number of benzene rings is 1. The molecule has 3 nitrogen and oxygen atoms in total. The van der Waals surface area contributed by atoms with Crippen molar-refractivity contribution < 1.29 is 0 Å². The van der Waals surface area contributed by atoms with Gasteiger partial charge in [-0.1, -0.05) is 36.8 Å². The zero-order valence-corrected chi connectivity index (χ0v) is 14.7. The minimum atomic E-state index is 0.532. The van der Waals surface area contributed by atoms with Gasteiger partial charge in [0.05, 0.1) is 0 Å². The van der Waals surface area contributed by atoms with E-state index in [-0.39, 0.29) is 0 Å². The molecule has 0 aromatic heterocycles. The summed E-state index contributed by atoms with van der Waals surface area (Å²) in [4.78, 5) is 2.60. The highest BCUT2D eigenvalue weighted by atomic mass is 32.1. The summed E-state index contributed by atoms with van der Waals surface area (Å²) in [6.45, 7) is 7.65. The van der Waals surface area contributed by atoms with Gasteiger partial charge < -0.3 is 10.6 Å². The first-order chi connectivity index (χ1) is 10.7. The van der Waals surface area contributed by atoms with E-state index in [4.69, 9.17) is 12.2 Å². The Morgan fingerprint density at radius 3 is 2.77 bits per heavy atom. The molecule has 1 heterocycles. The van der Waals surface area contributed by atoms with Crippen molar-refractivity contribution >= 4 is 17.3 Å². The first kappa shape index (κ1) is 17.2. The molecule has 0 saturated carbocycles. The van der Waals surface area contributed by atoms with E-state index in [9.17, 15) is 0 Å². The van der Waals surface area contributed by atoms with E-state index >= 15 is 0 Å². The standard InChI is InChI=1S/C18H29N3S/c1-15-8-6-7-13-21(15)16(2)14-20-18(22)19-12-11-17-9-4-3-5-10-17/h3-5,9-10,15-16H,6-8,11-14H2,1-2H3,(H2,19,20,22)/t15-,16-/m0/s1. The van der Waals surface area contributed by atoms with Gasteiger partial charge in [0.1, 0.15) is 0 Å². The average molecular weight is 320 g/mol. The van der Waals surface area contributed by atoms with Crippen LogP contribution in [0.2, 0.25) is 0 Å². The third kappa shape index (κ3) is 5.58. The average Bonchev–Trinajstić information content (AvgIpc) is 2.54. The topological polar surface area (TPSA) is 27.3 Å². The van der Waals surface area contributed by atoms with E-state index in [0.717, 1.165) is 24.6 Å². The van der Waals surface area contributed by atoms with Crippen molar-refractivity contribution in [3.05, 3.63) is 35.9 Å². The maximum Gasteiger partial charge on any atom is 0.166 e. The van der Waals surface area contributed by atoms with Crippen LogP contribution < -0.4 is 10.6 Å². The third-order valence-corrected chi connectivity index (χ3v) is 4.81. The van der Waals surface area contributed by atoms with E-state index in [1.807, 2.05) is 6.07 Å². The van der Waals surface area contributed by atoms with E-state index in [0.29, 0.717) is 12.1 Å². The fraction of sp³-hybridized carbons (Fsp3) is 0.611. The van der Waals surface area contributed by atoms with Crippen molar-refractivity contribution in [2.24, 2.45) is 0 Å². The molecule has 1 aromatic rings. The van der Waals surface area contributed by atoms with Gasteiger partial charge >= 0.3 is 0 Å². The smallest absolute Gasteiger partial charge is 0.166 e. The summed E-state index contributed by atoms with van der Waals surface area (Å²) in [5.74, 6) is 0. The molecule has 1 fully saturated rings. The molecule has 0 radical (unpaired) electrons. The van der Waals surface area contributed by atoms with Gasteiger partial charge in [0.25, 0.3) is 0 Å². The van der Waals surface area contributed by atoms with Gasteiger partial charge in [0.2, 0.25) is 0 Å². The number of hydrogen-bond donors (Lipinski definition) is 2. The molecule has 122 valence electrons. The van der Waals surface area contributed by atoms with E-state index in [2.05, 4.69) is 53.6 Å². The number of hydrogen-bond acceptors (Lipinski definition) is 2. The number of nitrogens with one attached hydrogen (secondary N) is 2. The Morgan fingerprint density at radius 2 is 2.05 bits per heavy atom. The number of nitrogens with zero attached hydrogens (tertiary/aromatic N) is 1. The van der Waals surface area contributed by atoms with Crippen LogP contribution in [0.1, 0.15) is 38.7 Å². The van der Waals surface area contributed by atoms with Crippen LogP contribution in [0.3, 0.4) is 0 Å². The molecular formula is C18H29N3S. The van der Waals surface area contributed by atoms with Crippen molar-refractivity contribution in [2.45, 2.75) is 51.6 Å². The molecule has 0 unspecified atom stereocenters. The molecule has 2 N–H and O–H groups in total. The van der Waals surface area contributed by atoms with E-state index in [1.54, 1.807) is 0 Å². The summed E-state index contributed by atoms with van der Waals surface area (Å²) in [6, 6.07) is 11.7. The molecule has 0 spiro atoms. The van der Waals surface area contributed by atoms with Gasteiger partial charge in [0.15, 0.2) is 5.11 Å². The lowest BCUT2D eigenvalue weighted by Gasteiger charge is -2.38. The molecule has 1 saturated heterocycles. The maximum atomic E-state index is 5.38. The first-order valence-corrected chi connectivity index (χ1v) is 8.89. The number of likely N-dealkylation sites (tertiary alicyclic amines) is 1. The molecule has 1 aliphatic rings. The van der Waals surface area contributed by atoms with Crippen LogP contribution in [-0.2, 0) is 6.42 Å². The number of rotatable bonds is 6. The SMILES string of the molecule is C[C@H]1CCCCN1[C@@H](C)CNC(=S)NCCc1ccccc1. The molecule has 2 atom stereocenters. The third-order valence-electron chi connectivity index (χ3n) is 4.52. The van der Waals surface area contributed by atoms with Gasteiger partial charge in [-0.2, -0.15) is 0 Å². The van der Waals surface area contributed by atoms with Gasteiger partial charge in [-0.15, -0.1) is 0 Å². The van der Waals surface area contributed by atoms with Crippen molar-refractivity contribution in [1.29, 1.82) is 0 Å². The quantitative estimate of drug-likeness (QED) is 0.788. The molecule has 1 aliphatic heterocycles. The van der Waals surface area contributed by atoms with Crippen LogP contribution in [0, 0.1) is 0 Å². The Kier molecular flexibility index (Phi) is 7.13. The van der Waals surface area contributed by atoms with Crippen molar-refractivity contribution in [2.75, 3.05) is 19.6 Å². The highest BCUT2D eigenvalue weighted by Gasteiger charge is 2.22. The molecular weight excluding hydrogens is 290 g/mol. The fourth-order valence-electron chi connectivity index (χ4n) is 3.16. The predicted octanol–water partition coefficient (Wildman–Crippen LogP) is 2.96. The van der Waals surface area contributed by atoms with Crippen LogP contribution in [-0.4, -0.2) is 41.7 Å². The Morgan fingerprint density at radius 1 is 1.27 bits per heavy atom. The molecule has 0 aliphatic carbocycles. The Labute approximate surface area is 140 Å². The minimum Gasteiger partial charge on any atom is -0.362 e. The van der Waals surface area contributed by atoms with Crippen LogP contribution >= 0.6 is 12.2 Å². The summed E-state index contributed by atoms with van der Waals surface area (Å²) in [6.07, 6.45) is 5.03. The second kappa shape index (κ2) is 9.11.